The predicted molar refractivity (Wildman–Crippen MR) is 67.2 cm³/mol. The molecule has 0 aliphatic carbocycles. The third kappa shape index (κ3) is 1.94. The Labute approximate surface area is 101 Å². The molecule has 5 heteroatoms. The van der Waals surface area contributed by atoms with Gasteiger partial charge in [0.15, 0.2) is 0 Å². The van der Waals surface area contributed by atoms with Gasteiger partial charge in [0, 0.05) is 9.75 Å². The van der Waals surface area contributed by atoms with E-state index in [0.29, 0.717) is 5.82 Å². The van der Waals surface area contributed by atoms with Crippen LogP contribution in [-0.2, 0) is 0 Å². The quantitative estimate of drug-likeness (QED) is 0.921. The number of rotatable bonds is 2. The van der Waals surface area contributed by atoms with E-state index in [0.717, 1.165) is 4.47 Å². The Bertz CT molecular complexity index is 475. The van der Waals surface area contributed by atoms with E-state index < -0.39 is 0 Å². The molecule has 0 spiro atoms. The minimum Gasteiger partial charge on any atom is -0.383 e. The molecular formula is C10H12BrN3S. The van der Waals surface area contributed by atoms with Crippen LogP contribution in [0.15, 0.2) is 22.8 Å². The molecule has 0 bridgehead atoms. The van der Waals surface area contributed by atoms with Gasteiger partial charge in [0.05, 0.1) is 16.7 Å². The average molecular weight is 286 g/mol. The first kappa shape index (κ1) is 10.7. The molecule has 0 saturated heterocycles. The number of aromatic nitrogens is 2. The molecule has 0 saturated carbocycles. The second-order valence-corrected chi connectivity index (χ2v) is 5.62. The standard InChI is InChI=1S/C10H12BrN3S/c1-6-3-4-9(15-6)7(2)14-10(12)8(11)5-13-14/h3-5,7H,12H2,1-2H3. The van der Waals surface area contributed by atoms with Crippen LogP contribution in [0.5, 0.6) is 0 Å². The molecule has 0 aliphatic heterocycles. The van der Waals surface area contributed by atoms with Gasteiger partial charge >= 0.3 is 0 Å². The van der Waals surface area contributed by atoms with Crippen LogP contribution in [0.1, 0.15) is 22.7 Å². The minimum absolute atomic E-state index is 0.190. The highest BCUT2D eigenvalue weighted by Crippen LogP contribution is 2.29. The second kappa shape index (κ2) is 3.98. The number of anilines is 1. The van der Waals surface area contributed by atoms with Crippen LogP contribution in [0.25, 0.3) is 0 Å². The summed E-state index contributed by atoms with van der Waals surface area (Å²) in [4.78, 5) is 2.58. The summed E-state index contributed by atoms with van der Waals surface area (Å²) in [6.07, 6.45) is 1.73. The molecule has 2 aromatic heterocycles. The van der Waals surface area contributed by atoms with Crippen molar-refractivity contribution in [3.63, 3.8) is 0 Å². The zero-order valence-electron chi connectivity index (χ0n) is 8.57. The molecular weight excluding hydrogens is 274 g/mol. The van der Waals surface area contributed by atoms with Gasteiger partial charge in [-0.25, -0.2) is 4.68 Å². The van der Waals surface area contributed by atoms with Gasteiger partial charge in [0.1, 0.15) is 5.82 Å². The van der Waals surface area contributed by atoms with E-state index in [-0.39, 0.29) is 6.04 Å². The molecule has 1 atom stereocenters. The van der Waals surface area contributed by atoms with Gasteiger partial charge < -0.3 is 5.73 Å². The first-order valence-corrected chi connectivity index (χ1v) is 6.25. The normalized spacial score (nSPS) is 13.0. The fraction of sp³-hybridized carbons (Fsp3) is 0.300. The van der Waals surface area contributed by atoms with Gasteiger partial charge in [-0.3, -0.25) is 0 Å². The van der Waals surface area contributed by atoms with Crippen LogP contribution < -0.4 is 5.73 Å². The highest BCUT2D eigenvalue weighted by atomic mass is 79.9. The zero-order valence-corrected chi connectivity index (χ0v) is 11.0. The van der Waals surface area contributed by atoms with Gasteiger partial charge in [-0.1, -0.05) is 0 Å². The topological polar surface area (TPSA) is 43.8 Å². The third-order valence-electron chi connectivity index (χ3n) is 2.33. The lowest BCUT2D eigenvalue weighted by Gasteiger charge is -2.11. The van der Waals surface area contributed by atoms with Crippen molar-refractivity contribution in [3.05, 3.63) is 32.6 Å². The van der Waals surface area contributed by atoms with Crippen molar-refractivity contribution in [2.24, 2.45) is 0 Å². The highest BCUT2D eigenvalue weighted by molar-refractivity contribution is 9.10. The number of nitrogens with zero attached hydrogens (tertiary/aromatic N) is 2. The number of hydrogen-bond acceptors (Lipinski definition) is 3. The summed E-state index contributed by atoms with van der Waals surface area (Å²) >= 11 is 5.13. The molecule has 3 nitrogen and oxygen atoms in total. The van der Waals surface area contributed by atoms with Crippen LogP contribution in [-0.4, -0.2) is 9.78 Å². The van der Waals surface area contributed by atoms with Crippen molar-refractivity contribution in [3.8, 4) is 0 Å². The summed E-state index contributed by atoms with van der Waals surface area (Å²) in [6, 6.07) is 4.43. The van der Waals surface area contributed by atoms with Gasteiger partial charge in [-0.15, -0.1) is 11.3 Å². The molecule has 2 N–H and O–H groups in total. The Kier molecular flexibility index (Phi) is 2.84. The first-order valence-electron chi connectivity index (χ1n) is 4.64. The Hall–Kier alpha value is -0.810. The highest BCUT2D eigenvalue weighted by Gasteiger charge is 2.14. The monoisotopic (exact) mass is 285 g/mol. The maximum atomic E-state index is 5.91. The van der Waals surface area contributed by atoms with Crippen LogP contribution >= 0.6 is 27.3 Å². The van der Waals surface area contributed by atoms with E-state index in [2.05, 4.69) is 47.0 Å². The number of halogens is 1. The van der Waals surface area contributed by atoms with Crippen molar-refractivity contribution < 1.29 is 0 Å². The Morgan fingerprint density at radius 1 is 1.53 bits per heavy atom. The van der Waals surface area contributed by atoms with Crippen molar-refractivity contribution in [2.75, 3.05) is 5.73 Å². The Morgan fingerprint density at radius 3 is 2.73 bits per heavy atom. The minimum atomic E-state index is 0.190. The van der Waals surface area contributed by atoms with E-state index >= 15 is 0 Å². The lowest BCUT2D eigenvalue weighted by molar-refractivity contribution is 0.581. The molecule has 0 fully saturated rings. The average Bonchev–Trinajstić information content (AvgIpc) is 2.75. The molecule has 0 radical (unpaired) electrons. The van der Waals surface area contributed by atoms with Crippen molar-refractivity contribution in [1.82, 2.24) is 9.78 Å². The van der Waals surface area contributed by atoms with E-state index in [4.69, 9.17) is 5.73 Å². The molecule has 1 unspecified atom stereocenters. The zero-order chi connectivity index (χ0) is 11.0. The van der Waals surface area contributed by atoms with E-state index in [1.54, 1.807) is 17.5 Å². The van der Waals surface area contributed by atoms with Crippen LogP contribution in [0, 0.1) is 6.92 Å². The largest absolute Gasteiger partial charge is 0.383 e. The molecule has 80 valence electrons. The van der Waals surface area contributed by atoms with Gasteiger partial charge in [-0.2, -0.15) is 5.10 Å². The van der Waals surface area contributed by atoms with E-state index in [1.807, 2.05) is 4.68 Å². The lowest BCUT2D eigenvalue weighted by atomic mass is 10.3. The molecule has 2 heterocycles. The SMILES string of the molecule is Cc1ccc(C(C)n2ncc(Br)c2N)s1. The summed E-state index contributed by atoms with van der Waals surface area (Å²) in [5, 5.41) is 4.25. The smallest absolute Gasteiger partial charge is 0.136 e. The number of nitrogens with two attached hydrogens (primary N) is 1. The summed E-state index contributed by atoms with van der Waals surface area (Å²) in [5.41, 5.74) is 5.91. The fourth-order valence-corrected chi connectivity index (χ4v) is 2.65. The number of nitrogen functional groups attached to an aromatic ring is 1. The molecule has 0 aromatic carbocycles. The maximum Gasteiger partial charge on any atom is 0.136 e. The third-order valence-corrected chi connectivity index (χ3v) is 4.11. The van der Waals surface area contributed by atoms with Gasteiger partial charge in [0.2, 0.25) is 0 Å². The summed E-state index contributed by atoms with van der Waals surface area (Å²) in [7, 11) is 0. The molecule has 2 rings (SSSR count). The fourth-order valence-electron chi connectivity index (χ4n) is 1.46. The van der Waals surface area contributed by atoms with Crippen molar-refractivity contribution >= 4 is 33.1 Å². The van der Waals surface area contributed by atoms with Crippen LogP contribution in [0.2, 0.25) is 0 Å². The van der Waals surface area contributed by atoms with Gasteiger partial charge in [0.25, 0.3) is 0 Å². The molecule has 15 heavy (non-hydrogen) atoms. The maximum absolute atomic E-state index is 5.91. The number of aryl methyl sites for hydroxylation is 1. The first-order chi connectivity index (χ1) is 7.09. The van der Waals surface area contributed by atoms with Gasteiger partial charge in [-0.05, 0) is 41.9 Å². The Morgan fingerprint density at radius 2 is 2.27 bits per heavy atom. The lowest BCUT2D eigenvalue weighted by Crippen LogP contribution is -2.10. The summed E-state index contributed by atoms with van der Waals surface area (Å²) in [6.45, 7) is 4.20. The van der Waals surface area contributed by atoms with Crippen molar-refractivity contribution in [1.29, 1.82) is 0 Å². The predicted octanol–water partition coefficient (Wildman–Crippen LogP) is 3.21. The number of thiophene rings is 1. The molecule has 2 aromatic rings. The molecule has 0 amide bonds. The van der Waals surface area contributed by atoms with E-state index in [9.17, 15) is 0 Å². The summed E-state index contributed by atoms with van der Waals surface area (Å²) < 4.78 is 2.68. The summed E-state index contributed by atoms with van der Waals surface area (Å²) in [5.74, 6) is 0.675. The van der Waals surface area contributed by atoms with E-state index in [1.165, 1.54) is 9.75 Å². The second-order valence-electron chi connectivity index (χ2n) is 3.45. The Balaban J connectivity index is 2.36. The van der Waals surface area contributed by atoms with Crippen LogP contribution in [0.3, 0.4) is 0 Å². The molecule has 0 aliphatic rings. The van der Waals surface area contributed by atoms with Crippen LogP contribution in [0.4, 0.5) is 5.82 Å². The van der Waals surface area contributed by atoms with Crippen molar-refractivity contribution in [2.45, 2.75) is 19.9 Å². The number of hydrogen-bond donors (Lipinski definition) is 1.